The summed E-state index contributed by atoms with van der Waals surface area (Å²) in [4.78, 5) is 9.30. The van der Waals surface area contributed by atoms with Crippen LogP contribution in [0.2, 0.25) is 0 Å². The third kappa shape index (κ3) is 3.87. The Kier molecular flexibility index (Phi) is 6.44. The molecular weight excluding hydrogens is 421 g/mol. The summed E-state index contributed by atoms with van der Waals surface area (Å²) >= 11 is 1.41. The standard InChI is InChI=1S/C14H10FN3S.2BrH/c15-11-3-1-9(2-4-11)12-13(19-14(16)18-12)10-5-7-17-8-6-10;;/h1-8H,(H2,16,18);2*1H. The van der Waals surface area contributed by atoms with E-state index in [1.165, 1.54) is 23.5 Å². The number of hydrogen-bond donors (Lipinski definition) is 1. The van der Waals surface area contributed by atoms with Gasteiger partial charge in [-0.25, -0.2) is 9.37 Å². The molecule has 0 amide bonds. The molecule has 110 valence electrons. The minimum absolute atomic E-state index is 0. The molecule has 0 bridgehead atoms. The molecule has 0 unspecified atom stereocenters. The highest BCUT2D eigenvalue weighted by Crippen LogP contribution is 2.37. The van der Waals surface area contributed by atoms with Crippen molar-refractivity contribution in [2.75, 3.05) is 5.73 Å². The molecule has 7 heteroatoms. The number of nitrogen functional groups attached to an aromatic ring is 1. The molecule has 0 saturated carbocycles. The maximum atomic E-state index is 13.0. The number of hydrogen-bond acceptors (Lipinski definition) is 4. The molecule has 0 radical (unpaired) electrons. The van der Waals surface area contributed by atoms with Gasteiger partial charge in [-0.15, -0.1) is 34.0 Å². The van der Waals surface area contributed by atoms with E-state index in [1.54, 1.807) is 24.5 Å². The molecule has 21 heavy (non-hydrogen) atoms. The van der Waals surface area contributed by atoms with Crippen LogP contribution in [-0.4, -0.2) is 9.97 Å². The average molecular weight is 433 g/mol. The van der Waals surface area contributed by atoms with Gasteiger partial charge in [-0.05, 0) is 42.0 Å². The predicted molar refractivity (Wildman–Crippen MR) is 95.8 cm³/mol. The number of nitrogens with zero attached hydrogens (tertiary/aromatic N) is 2. The number of aromatic nitrogens is 2. The smallest absolute Gasteiger partial charge is 0.181 e. The van der Waals surface area contributed by atoms with Gasteiger partial charge in [0.2, 0.25) is 0 Å². The zero-order valence-corrected chi connectivity index (χ0v) is 14.9. The molecule has 2 aromatic heterocycles. The van der Waals surface area contributed by atoms with Gasteiger partial charge in [0.25, 0.3) is 0 Å². The van der Waals surface area contributed by atoms with Gasteiger partial charge in [0.15, 0.2) is 5.13 Å². The van der Waals surface area contributed by atoms with E-state index >= 15 is 0 Å². The molecule has 3 rings (SSSR count). The lowest BCUT2D eigenvalue weighted by atomic mass is 10.1. The maximum absolute atomic E-state index is 13.0. The Morgan fingerprint density at radius 1 is 0.905 bits per heavy atom. The van der Waals surface area contributed by atoms with Gasteiger partial charge in [0, 0.05) is 18.0 Å². The summed E-state index contributed by atoms with van der Waals surface area (Å²) in [6.07, 6.45) is 3.44. The van der Waals surface area contributed by atoms with E-state index in [0.717, 1.165) is 21.7 Å². The average Bonchev–Trinajstić information content (AvgIpc) is 2.83. The molecule has 3 nitrogen and oxygen atoms in total. The minimum atomic E-state index is -0.266. The summed E-state index contributed by atoms with van der Waals surface area (Å²) in [5.41, 5.74) is 8.43. The van der Waals surface area contributed by atoms with Gasteiger partial charge in [0.1, 0.15) is 5.82 Å². The van der Waals surface area contributed by atoms with Crippen molar-refractivity contribution in [1.29, 1.82) is 0 Å². The van der Waals surface area contributed by atoms with Gasteiger partial charge in [-0.3, -0.25) is 4.98 Å². The first-order valence-electron chi connectivity index (χ1n) is 5.66. The van der Waals surface area contributed by atoms with Gasteiger partial charge in [-0.2, -0.15) is 0 Å². The number of thiazole rings is 1. The maximum Gasteiger partial charge on any atom is 0.181 e. The number of rotatable bonds is 2. The summed E-state index contributed by atoms with van der Waals surface area (Å²) in [6.45, 7) is 0. The molecule has 2 heterocycles. The van der Waals surface area contributed by atoms with Crippen LogP contribution in [0.15, 0.2) is 48.8 Å². The second kappa shape index (κ2) is 7.63. The van der Waals surface area contributed by atoms with Crippen molar-refractivity contribution in [2.45, 2.75) is 0 Å². The van der Waals surface area contributed by atoms with Crippen LogP contribution in [0.4, 0.5) is 9.52 Å². The van der Waals surface area contributed by atoms with Crippen LogP contribution >= 0.6 is 45.3 Å². The summed E-state index contributed by atoms with van der Waals surface area (Å²) in [6, 6.07) is 10.0. The molecule has 2 N–H and O–H groups in total. The molecule has 0 spiro atoms. The quantitative estimate of drug-likeness (QED) is 0.635. The van der Waals surface area contributed by atoms with Crippen molar-refractivity contribution in [3.63, 3.8) is 0 Å². The topological polar surface area (TPSA) is 51.8 Å². The predicted octanol–water partition coefficient (Wildman–Crippen LogP) is 4.75. The number of halogens is 3. The van der Waals surface area contributed by atoms with Crippen LogP contribution in [0.25, 0.3) is 21.7 Å². The lowest BCUT2D eigenvalue weighted by Crippen LogP contribution is -1.85. The second-order valence-electron chi connectivity index (χ2n) is 3.97. The highest BCUT2D eigenvalue weighted by Gasteiger charge is 2.13. The monoisotopic (exact) mass is 431 g/mol. The van der Waals surface area contributed by atoms with Crippen molar-refractivity contribution in [3.05, 3.63) is 54.6 Å². The van der Waals surface area contributed by atoms with Crippen LogP contribution in [0.5, 0.6) is 0 Å². The van der Waals surface area contributed by atoms with Crippen molar-refractivity contribution in [3.8, 4) is 21.7 Å². The van der Waals surface area contributed by atoms with Crippen molar-refractivity contribution < 1.29 is 4.39 Å². The lowest BCUT2D eigenvalue weighted by Gasteiger charge is -2.02. The normalized spacial score (nSPS) is 9.57. The summed E-state index contributed by atoms with van der Waals surface area (Å²) in [5.74, 6) is -0.266. The first-order chi connectivity index (χ1) is 9.24. The fraction of sp³-hybridized carbons (Fsp3) is 0. The Morgan fingerprint density at radius 3 is 2.14 bits per heavy atom. The van der Waals surface area contributed by atoms with Crippen molar-refractivity contribution >= 4 is 50.4 Å². The Balaban J connectivity index is 0.00000110. The first-order valence-corrected chi connectivity index (χ1v) is 6.48. The third-order valence-electron chi connectivity index (χ3n) is 2.70. The van der Waals surface area contributed by atoms with E-state index in [4.69, 9.17) is 5.73 Å². The van der Waals surface area contributed by atoms with Gasteiger partial charge in [0.05, 0.1) is 10.6 Å². The highest BCUT2D eigenvalue weighted by atomic mass is 79.9. The van der Waals surface area contributed by atoms with Crippen LogP contribution in [0.3, 0.4) is 0 Å². The number of anilines is 1. The largest absolute Gasteiger partial charge is 0.375 e. The third-order valence-corrected chi connectivity index (χ3v) is 3.64. The summed E-state index contributed by atoms with van der Waals surface area (Å²) < 4.78 is 13.0. The molecule has 1 aromatic carbocycles. The first kappa shape index (κ1) is 17.7. The Morgan fingerprint density at radius 2 is 1.52 bits per heavy atom. The van der Waals surface area contributed by atoms with Crippen LogP contribution < -0.4 is 5.73 Å². The Labute approximate surface area is 146 Å². The van der Waals surface area contributed by atoms with E-state index in [2.05, 4.69) is 9.97 Å². The second-order valence-corrected chi connectivity index (χ2v) is 5.00. The van der Waals surface area contributed by atoms with Gasteiger partial charge >= 0.3 is 0 Å². The minimum Gasteiger partial charge on any atom is -0.375 e. The van der Waals surface area contributed by atoms with Crippen LogP contribution in [-0.2, 0) is 0 Å². The zero-order valence-electron chi connectivity index (χ0n) is 10.7. The summed E-state index contributed by atoms with van der Waals surface area (Å²) in [5, 5.41) is 0.492. The SMILES string of the molecule is Br.Br.Nc1nc(-c2ccc(F)cc2)c(-c2ccncc2)s1. The molecule has 3 aromatic rings. The van der Waals surface area contributed by atoms with Crippen molar-refractivity contribution in [2.24, 2.45) is 0 Å². The molecule has 0 fully saturated rings. The highest BCUT2D eigenvalue weighted by molar-refractivity contribution is 8.93. The molecule has 0 aliphatic heterocycles. The van der Waals surface area contributed by atoms with Crippen LogP contribution in [0.1, 0.15) is 0 Å². The zero-order chi connectivity index (χ0) is 13.2. The van der Waals surface area contributed by atoms with Crippen molar-refractivity contribution in [1.82, 2.24) is 9.97 Å². The number of nitrogens with two attached hydrogens (primary N) is 1. The fourth-order valence-electron chi connectivity index (χ4n) is 1.84. The van der Waals surface area contributed by atoms with E-state index in [-0.39, 0.29) is 39.8 Å². The molecule has 0 atom stereocenters. The molecular formula is C14H12Br2FN3S. The Bertz CT molecular complexity index is 702. The van der Waals surface area contributed by atoms with E-state index in [1.807, 2.05) is 12.1 Å². The fourth-order valence-corrected chi connectivity index (χ4v) is 2.70. The molecule has 0 aliphatic rings. The van der Waals surface area contributed by atoms with E-state index in [0.29, 0.717) is 5.13 Å². The molecule has 0 saturated heterocycles. The van der Waals surface area contributed by atoms with Gasteiger partial charge < -0.3 is 5.73 Å². The van der Waals surface area contributed by atoms with Crippen LogP contribution in [0, 0.1) is 5.82 Å². The lowest BCUT2D eigenvalue weighted by molar-refractivity contribution is 0.628. The summed E-state index contributed by atoms with van der Waals surface area (Å²) in [7, 11) is 0. The number of benzene rings is 1. The molecule has 0 aliphatic carbocycles. The van der Waals surface area contributed by atoms with Gasteiger partial charge in [-0.1, -0.05) is 11.3 Å². The Hall–Kier alpha value is -1.31. The van der Waals surface area contributed by atoms with E-state index < -0.39 is 0 Å². The number of pyridine rings is 1. The van der Waals surface area contributed by atoms with E-state index in [9.17, 15) is 4.39 Å².